The Labute approximate surface area is 164 Å². The lowest BCUT2D eigenvalue weighted by Crippen LogP contribution is -2.44. The first-order valence-electron chi connectivity index (χ1n) is 9.77. The second-order valence-electron chi connectivity index (χ2n) is 7.61. The molecule has 4 rings (SSSR count). The predicted molar refractivity (Wildman–Crippen MR) is 108 cm³/mol. The van der Waals surface area contributed by atoms with Crippen molar-refractivity contribution < 1.29 is 4.79 Å². The average Bonchev–Trinajstić information content (AvgIpc) is 3.35. The van der Waals surface area contributed by atoms with Crippen LogP contribution in [0.4, 0.5) is 4.79 Å². The van der Waals surface area contributed by atoms with E-state index in [-0.39, 0.29) is 6.03 Å². The van der Waals surface area contributed by atoms with Gasteiger partial charge in [-0.25, -0.2) is 9.78 Å². The van der Waals surface area contributed by atoms with Gasteiger partial charge in [0.05, 0.1) is 13.1 Å². The molecule has 3 heterocycles. The molecule has 0 radical (unpaired) electrons. The maximum Gasteiger partial charge on any atom is 0.317 e. The fourth-order valence-electron chi connectivity index (χ4n) is 3.54. The molecule has 0 saturated carbocycles. The molecule has 146 valence electrons. The maximum absolute atomic E-state index is 12.6. The quantitative estimate of drug-likeness (QED) is 0.716. The van der Waals surface area contributed by atoms with Crippen LogP contribution in [0.5, 0.6) is 0 Å². The van der Waals surface area contributed by atoms with Crippen LogP contribution in [0.2, 0.25) is 0 Å². The molecule has 2 amide bonds. The SMILES string of the molecule is CC(C)CNC(=O)N1CCc2c(c(-c3ncc[nH]3)nn2Cc2ccccc2)C1. The first-order chi connectivity index (χ1) is 13.6. The van der Waals surface area contributed by atoms with Crippen LogP contribution in [-0.4, -0.2) is 43.8 Å². The van der Waals surface area contributed by atoms with Crippen LogP contribution in [0.1, 0.15) is 30.7 Å². The number of H-pyrrole nitrogens is 1. The van der Waals surface area contributed by atoms with Gasteiger partial charge >= 0.3 is 6.03 Å². The molecule has 1 aliphatic rings. The number of carbonyl (C=O) groups excluding carboxylic acids is 1. The Bertz CT molecular complexity index is 929. The third-order valence-electron chi connectivity index (χ3n) is 4.98. The van der Waals surface area contributed by atoms with E-state index in [1.165, 1.54) is 11.3 Å². The van der Waals surface area contributed by atoms with E-state index in [1.807, 2.05) is 23.1 Å². The second kappa shape index (κ2) is 7.88. The van der Waals surface area contributed by atoms with E-state index in [0.717, 1.165) is 23.5 Å². The Kier molecular flexibility index (Phi) is 5.14. The lowest BCUT2D eigenvalue weighted by molar-refractivity contribution is 0.190. The van der Waals surface area contributed by atoms with E-state index < -0.39 is 0 Å². The number of hydrogen-bond donors (Lipinski definition) is 2. The van der Waals surface area contributed by atoms with Gasteiger partial charge in [0.2, 0.25) is 0 Å². The van der Waals surface area contributed by atoms with Gasteiger partial charge in [0, 0.05) is 43.2 Å². The number of benzene rings is 1. The number of fused-ring (bicyclic) bond motifs is 1. The summed E-state index contributed by atoms with van der Waals surface area (Å²) in [5.41, 5.74) is 4.30. The summed E-state index contributed by atoms with van der Waals surface area (Å²) in [6.07, 6.45) is 4.31. The van der Waals surface area contributed by atoms with Crippen molar-refractivity contribution in [2.45, 2.75) is 33.4 Å². The number of nitrogens with zero attached hydrogens (tertiary/aromatic N) is 4. The largest absolute Gasteiger partial charge is 0.343 e. The molecule has 7 nitrogen and oxygen atoms in total. The van der Waals surface area contributed by atoms with Crippen molar-refractivity contribution in [2.75, 3.05) is 13.1 Å². The minimum absolute atomic E-state index is 0.0134. The lowest BCUT2D eigenvalue weighted by atomic mass is 10.0. The standard InChI is InChI=1S/C21H26N6O/c1-15(2)12-24-21(28)26-11-8-18-17(14-26)19(20-22-9-10-23-20)25-27(18)13-16-6-4-3-5-7-16/h3-7,9-10,15H,8,11-14H2,1-2H3,(H,22,23)(H,24,28). The number of nitrogens with one attached hydrogen (secondary N) is 2. The van der Waals surface area contributed by atoms with E-state index in [0.29, 0.717) is 32.1 Å². The van der Waals surface area contributed by atoms with Gasteiger partial charge in [-0.1, -0.05) is 44.2 Å². The fourth-order valence-corrected chi connectivity index (χ4v) is 3.54. The fraction of sp³-hybridized carbons (Fsp3) is 0.381. The normalized spacial score (nSPS) is 13.6. The number of aromatic amines is 1. The van der Waals surface area contributed by atoms with Gasteiger partial charge in [-0.05, 0) is 11.5 Å². The van der Waals surface area contributed by atoms with E-state index in [2.05, 4.69) is 45.9 Å². The molecule has 0 saturated heterocycles. The molecule has 0 spiro atoms. The van der Waals surface area contributed by atoms with Crippen LogP contribution in [0.15, 0.2) is 42.7 Å². The minimum Gasteiger partial charge on any atom is -0.343 e. The summed E-state index contributed by atoms with van der Waals surface area (Å²) < 4.78 is 2.06. The Morgan fingerprint density at radius 3 is 2.82 bits per heavy atom. The van der Waals surface area contributed by atoms with Crippen LogP contribution in [0.25, 0.3) is 11.5 Å². The number of imidazole rings is 1. The number of carbonyl (C=O) groups is 1. The zero-order valence-electron chi connectivity index (χ0n) is 16.4. The highest BCUT2D eigenvalue weighted by Gasteiger charge is 2.28. The molecular formula is C21H26N6O. The third-order valence-corrected chi connectivity index (χ3v) is 4.98. The van der Waals surface area contributed by atoms with Crippen molar-refractivity contribution in [1.82, 2.24) is 30.0 Å². The van der Waals surface area contributed by atoms with E-state index in [1.54, 1.807) is 12.4 Å². The molecule has 2 aromatic heterocycles. The molecule has 28 heavy (non-hydrogen) atoms. The van der Waals surface area contributed by atoms with Crippen LogP contribution in [0.3, 0.4) is 0 Å². The summed E-state index contributed by atoms with van der Waals surface area (Å²) in [5.74, 6) is 1.17. The lowest BCUT2D eigenvalue weighted by Gasteiger charge is -2.28. The number of urea groups is 1. The molecule has 0 unspecified atom stereocenters. The van der Waals surface area contributed by atoms with Gasteiger partial charge in [0.25, 0.3) is 0 Å². The molecule has 1 aromatic carbocycles. The van der Waals surface area contributed by atoms with Crippen LogP contribution < -0.4 is 5.32 Å². The van der Waals surface area contributed by atoms with E-state index >= 15 is 0 Å². The summed E-state index contributed by atoms with van der Waals surface area (Å²) >= 11 is 0. The minimum atomic E-state index is -0.0134. The third kappa shape index (κ3) is 3.78. The van der Waals surface area contributed by atoms with Gasteiger partial charge in [0.1, 0.15) is 5.69 Å². The molecule has 0 bridgehead atoms. The Morgan fingerprint density at radius 2 is 2.11 bits per heavy atom. The highest BCUT2D eigenvalue weighted by Crippen LogP contribution is 2.29. The summed E-state index contributed by atoms with van der Waals surface area (Å²) in [4.78, 5) is 22.0. The molecule has 0 aliphatic carbocycles. The molecule has 7 heteroatoms. The van der Waals surface area contributed by atoms with Crippen molar-refractivity contribution in [3.8, 4) is 11.5 Å². The van der Waals surface area contributed by atoms with Gasteiger partial charge in [-0.15, -0.1) is 0 Å². The predicted octanol–water partition coefficient (Wildman–Crippen LogP) is 3.05. The monoisotopic (exact) mass is 378 g/mol. The Hall–Kier alpha value is -3.09. The number of hydrogen-bond acceptors (Lipinski definition) is 3. The van der Waals surface area contributed by atoms with Gasteiger partial charge in [-0.3, -0.25) is 4.68 Å². The first kappa shape index (κ1) is 18.3. The summed E-state index contributed by atoms with van der Waals surface area (Å²) in [7, 11) is 0. The Balaban J connectivity index is 1.63. The van der Waals surface area contributed by atoms with E-state index in [4.69, 9.17) is 5.10 Å². The summed E-state index contributed by atoms with van der Waals surface area (Å²) in [6.45, 7) is 6.82. The molecule has 3 aromatic rings. The maximum atomic E-state index is 12.6. The van der Waals surface area contributed by atoms with Crippen LogP contribution in [-0.2, 0) is 19.5 Å². The average molecular weight is 378 g/mol. The molecule has 0 atom stereocenters. The zero-order chi connectivity index (χ0) is 19.5. The highest BCUT2D eigenvalue weighted by molar-refractivity contribution is 5.75. The van der Waals surface area contributed by atoms with Crippen LogP contribution in [0, 0.1) is 5.92 Å². The summed E-state index contributed by atoms with van der Waals surface area (Å²) in [6, 6.07) is 10.3. The number of aromatic nitrogens is 4. The van der Waals surface area contributed by atoms with Crippen molar-refractivity contribution in [3.63, 3.8) is 0 Å². The molecule has 2 N–H and O–H groups in total. The van der Waals surface area contributed by atoms with Crippen molar-refractivity contribution >= 4 is 6.03 Å². The van der Waals surface area contributed by atoms with Gasteiger partial charge in [-0.2, -0.15) is 5.10 Å². The number of rotatable bonds is 5. The summed E-state index contributed by atoms with van der Waals surface area (Å²) in [5, 5.41) is 7.88. The highest BCUT2D eigenvalue weighted by atomic mass is 16.2. The van der Waals surface area contributed by atoms with Gasteiger partial charge < -0.3 is 15.2 Å². The number of amides is 2. The second-order valence-corrected chi connectivity index (χ2v) is 7.61. The smallest absolute Gasteiger partial charge is 0.317 e. The molecule has 0 fully saturated rings. The topological polar surface area (TPSA) is 78.8 Å². The van der Waals surface area contributed by atoms with Crippen molar-refractivity contribution in [2.24, 2.45) is 5.92 Å². The van der Waals surface area contributed by atoms with Crippen molar-refractivity contribution in [3.05, 3.63) is 59.5 Å². The molecule has 1 aliphatic heterocycles. The van der Waals surface area contributed by atoms with Crippen LogP contribution >= 0.6 is 0 Å². The molecular weight excluding hydrogens is 352 g/mol. The van der Waals surface area contributed by atoms with E-state index in [9.17, 15) is 4.79 Å². The van der Waals surface area contributed by atoms with Gasteiger partial charge in [0.15, 0.2) is 5.82 Å². The van der Waals surface area contributed by atoms with Crippen molar-refractivity contribution in [1.29, 1.82) is 0 Å². The zero-order valence-corrected chi connectivity index (χ0v) is 16.4. The Morgan fingerprint density at radius 1 is 1.29 bits per heavy atom. The first-order valence-corrected chi connectivity index (χ1v) is 9.77.